The molecule has 0 unspecified atom stereocenters. The average molecular weight is 121 g/mol. The first-order valence-electron chi connectivity index (χ1n) is 1.66. The first-order valence-corrected chi connectivity index (χ1v) is 2.30. The molecule has 0 aromatic rings. The molecule has 0 spiro atoms. The van der Waals surface area contributed by atoms with Gasteiger partial charge in [0.15, 0.2) is 0 Å². The van der Waals surface area contributed by atoms with Crippen molar-refractivity contribution in [3.8, 4) is 0 Å². The van der Waals surface area contributed by atoms with Crippen molar-refractivity contribution in [2.45, 2.75) is 13.8 Å². The maximum atomic E-state index is 9.77. The normalized spacial score (nSPS) is 7.00. The minimum atomic E-state index is -0.287. The van der Waals surface area contributed by atoms with Crippen LogP contribution in [0.4, 0.5) is 0 Å². The van der Waals surface area contributed by atoms with Crippen LogP contribution in [0.2, 0.25) is 0 Å². The Hall–Kier alpha value is -0.180. The van der Waals surface area contributed by atoms with Crippen LogP contribution in [0, 0.1) is 0 Å². The maximum absolute atomic E-state index is 9.77. The van der Waals surface area contributed by atoms with E-state index in [-0.39, 0.29) is 13.3 Å². The Balaban J connectivity index is 0. The fraction of sp³-hybridized carbons (Fsp3) is 0.750. The maximum Gasteiger partial charge on any atom is 0.218 e. The second-order valence-electron chi connectivity index (χ2n) is 0.940. The molecule has 0 aromatic carbocycles. The summed E-state index contributed by atoms with van der Waals surface area (Å²) in [6, 6.07) is 0. The lowest BCUT2D eigenvalue weighted by Crippen LogP contribution is -2.09. The second-order valence-corrected chi connectivity index (χ2v) is 1.39. The summed E-state index contributed by atoms with van der Waals surface area (Å²) in [5.41, 5.74) is 4.72. The highest BCUT2D eigenvalue weighted by atomic mass is 32.1. The van der Waals surface area contributed by atoms with Crippen LogP contribution < -0.4 is 5.73 Å². The smallest absolute Gasteiger partial charge is 0.218 e. The molecular weight excluding hydrogens is 110 g/mol. The highest BCUT2D eigenvalue weighted by molar-refractivity contribution is 7.80. The predicted octanol–water partition coefficient (Wildman–Crippen LogP) is 0.428. The SMILES string of the molecule is C.NC(=O)CCS. The Kier molecular flexibility index (Phi) is 8.27. The molecule has 44 valence electrons. The lowest BCUT2D eigenvalue weighted by Gasteiger charge is -1.80. The van der Waals surface area contributed by atoms with Crippen LogP contribution in [0.25, 0.3) is 0 Å². The van der Waals surface area contributed by atoms with E-state index in [2.05, 4.69) is 12.6 Å². The molecule has 2 N–H and O–H groups in total. The second kappa shape index (κ2) is 5.82. The van der Waals surface area contributed by atoms with Crippen molar-refractivity contribution in [2.75, 3.05) is 5.75 Å². The minimum absolute atomic E-state index is 0. The average Bonchev–Trinajstić information content (AvgIpc) is 1.35. The third-order valence-corrected chi connectivity index (χ3v) is 0.582. The van der Waals surface area contributed by atoms with Crippen molar-refractivity contribution in [1.29, 1.82) is 0 Å². The quantitative estimate of drug-likeness (QED) is 0.511. The number of rotatable bonds is 2. The zero-order valence-electron chi connectivity index (χ0n) is 3.35. The summed E-state index contributed by atoms with van der Waals surface area (Å²) in [5.74, 6) is 0.264. The van der Waals surface area contributed by atoms with Gasteiger partial charge < -0.3 is 5.73 Å². The van der Waals surface area contributed by atoms with Gasteiger partial charge in [0.25, 0.3) is 0 Å². The third kappa shape index (κ3) is 10.7. The van der Waals surface area contributed by atoms with Crippen molar-refractivity contribution < 1.29 is 4.79 Å². The number of thiol groups is 1. The molecule has 0 aliphatic heterocycles. The summed E-state index contributed by atoms with van der Waals surface area (Å²) in [4.78, 5) is 9.77. The Morgan fingerprint density at radius 2 is 2.14 bits per heavy atom. The van der Waals surface area contributed by atoms with Gasteiger partial charge in [0, 0.05) is 6.42 Å². The molecular formula is C4H11NOS. The Bertz CT molecular complexity index is 55.7. The predicted molar refractivity (Wildman–Crippen MR) is 34.4 cm³/mol. The molecule has 0 saturated heterocycles. The number of carbonyl (C=O) groups is 1. The monoisotopic (exact) mass is 121 g/mol. The number of carbonyl (C=O) groups excluding carboxylic acids is 1. The largest absolute Gasteiger partial charge is 0.370 e. The van der Waals surface area contributed by atoms with Gasteiger partial charge in [-0.25, -0.2) is 0 Å². The molecule has 1 amide bonds. The molecule has 0 aliphatic rings. The molecule has 0 saturated carbocycles. The van der Waals surface area contributed by atoms with Crippen LogP contribution >= 0.6 is 12.6 Å². The van der Waals surface area contributed by atoms with Crippen molar-refractivity contribution in [3.63, 3.8) is 0 Å². The van der Waals surface area contributed by atoms with Crippen LogP contribution in [0.1, 0.15) is 13.8 Å². The van der Waals surface area contributed by atoms with E-state index in [1.54, 1.807) is 0 Å². The Morgan fingerprint density at radius 3 is 2.14 bits per heavy atom. The summed E-state index contributed by atoms with van der Waals surface area (Å²) >= 11 is 3.76. The van der Waals surface area contributed by atoms with E-state index in [4.69, 9.17) is 5.73 Å². The molecule has 0 fully saturated rings. The zero-order valence-corrected chi connectivity index (χ0v) is 4.24. The van der Waals surface area contributed by atoms with Gasteiger partial charge in [-0.05, 0) is 5.75 Å². The Morgan fingerprint density at radius 1 is 1.71 bits per heavy atom. The molecule has 7 heavy (non-hydrogen) atoms. The minimum Gasteiger partial charge on any atom is -0.370 e. The van der Waals surface area contributed by atoms with Gasteiger partial charge in [-0.15, -0.1) is 0 Å². The Labute approximate surface area is 49.5 Å². The number of primary amides is 1. The highest BCUT2D eigenvalue weighted by Crippen LogP contribution is 1.77. The first-order chi connectivity index (χ1) is 2.77. The van der Waals surface area contributed by atoms with Crippen molar-refractivity contribution in [3.05, 3.63) is 0 Å². The lowest BCUT2D eigenvalue weighted by atomic mass is 10.5. The molecule has 0 aliphatic carbocycles. The van der Waals surface area contributed by atoms with E-state index in [9.17, 15) is 4.79 Å². The number of amides is 1. The van der Waals surface area contributed by atoms with E-state index in [0.717, 1.165) is 0 Å². The number of nitrogens with two attached hydrogens (primary N) is 1. The molecule has 0 aromatic heterocycles. The van der Waals surface area contributed by atoms with Gasteiger partial charge in [0.05, 0.1) is 0 Å². The van der Waals surface area contributed by atoms with Crippen molar-refractivity contribution >= 4 is 18.5 Å². The lowest BCUT2D eigenvalue weighted by molar-refractivity contribution is -0.117. The molecule has 0 atom stereocenters. The van der Waals surface area contributed by atoms with Gasteiger partial charge in [-0.2, -0.15) is 12.6 Å². The highest BCUT2D eigenvalue weighted by Gasteiger charge is 1.85. The van der Waals surface area contributed by atoms with Crippen LogP contribution in [0.15, 0.2) is 0 Å². The van der Waals surface area contributed by atoms with Gasteiger partial charge >= 0.3 is 0 Å². The topological polar surface area (TPSA) is 43.1 Å². The van der Waals surface area contributed by atoms with Crippen molar-refractivity contribution in [2.24, 2.45) is 5.73 Å². The summed E-state index contributed by atoms with van der Waals surface area (Å²) < 4.78 is 0. The number of hydrogen-bond donors (Lipinski definition) is 2. The van der Waals surface area contributed by atoms with Gasteiger partial charge in [0.1, 0.15) is 0 Å². The van der Waals surface area contributed by atoms with Crippen molar-refractivity contribution in [1.82, 2.24) is 0 Å². The fourth-order valence-corrected chi connectivity index (χ4v) is 0.331. The van der Waals surface area contributed by atoms with Crippen LogP contribution in [0.5, 0.6) is 0 Å². The summed E-state index contributed by atoms with van der Waals surface area (Å²) in [5, 5.41) is 0. The van der Waals surface area contributed by atoms with Gasteiger partial charge in [-0.3, -0.25) is 4.79 Å². The molecule has 0 radical (unpaired) electrons. The van der Waals surface area contributed by atoms with E-state index in [0.29, 0.717) is 12.2 Å². The van der Waals surface area contributed by atoms with Gasteiger partial charge in [-0.1, -0.05) is 7.43 Å². The number of hydrogen-bond acceptors (Lipinski definition) is 2. The standard InChI is InChI=1S/C3H7NOS.CH4/c4-3(5)1-2-6;/h6H,1-2H2,(H2,4,5);1H4. The van der Waals surface area contributed by atoms with E-state index < -0.39 is 0 Å². The zero-order chi connectivity index (χ0) is 4.99. The molecule has 0 bridgehead atoms. The fourth-order valence-electron chi connectivity index (χ4n) is 0.110. The first kappa shape index (κ1) is 9.94. The van der Waals surface area contributed by atoms with E-state index in [1.165, 1.54) is 0 Å². The van der Waals surface area contributed by atoms with Gasteiger partial charge in [0.2, 0.25) is 5.91 Å². The summed E-state index contributed by atoms with van der Waals surface area (Å²) in [6.07, 6.45) is 0.378. The molecule has 3 heteroatoms. The summed E-state index contributed by atoms with van der Waals surface area (Å²) in [7, 11) is 0. The third-order valence-electron chi connectivity index (χ3n) is 0.358. The van der Waals surface area contributed by atoms with E-state index in [1.807, 2.05) is 0 Å². The van der Waals surface area contributed by atoms with E-state index >= 15 is 0 Å². The molecule has 0 rings (SSSR count). The van der Waals surface area contributed by atoms with Crippen LogP contribution in [-0.4, -0.2) is 11.7 Å². The van der Waals surface area contributed by atoms with Crippen LogP contribution in [0.3, 0.4) is 0 Å². The molecule has 0 heterocycles. The molecule has 2 nitrogen and oxygen atoms in total. The summed E-state index contributed by atoms with van der Waals surface area (Å²) in [6.45, 7) is 0. The van der Waals surface area contributed by atoms with Crippen LogP contribution in [-0.2, 0) is 4.79 Å².